The largest absolute Gasteiger partial charge is 0.481 e. The number of unbranched alkanes of at least 4 members (excludes halogenated alkanes) is 13. The van der Waals surface area contributed by atoms with Crippen LogP contribution in [-0.2, 0) is 23.6 Å². The molecule has 0 aliphatic carbocycles. The number of carbonyl (C=O) groups is 1. The molecule has 0 aliphatic heterocycles. The average molecular weight is 467 g/mol. The zero-order valence-electron chi connectivity index (χ0n) is 19.7. The molecule has 0 amide bonds. The van der Waals surface area contributed by atoms with E-state index in [2.05, 4.69) is 11.1 Å². The second-order valence-corrected chi connectivity index (χ2v) is 9.80. The Morgan fingerprint density at radius 1 is 0.806 bits per heavy atom. The maximum absolute atomic E-state index is 11.5. The van der Waals surface area contributed by atoms with Gasteiger partial charge < -0.3 is 10.2 Å². The van der Waals surface area contributed by atoms with E-state index >= 15 is 0 Å². The Morgan fingerprint density at radius 3 is 1.65 bits per heavy atom. The van der Waals surface area contributed by atoms with Crippen LogP contribution in [0.15, 0.2) is 0 Å². The molecule has 0 aromatic rings. The van der Waals surface area contributed by atoms with Gasteiger partial charge in [-0.1, -0.05) is 96.8 Å². The lowest BCUT2D eigenvalue weighted by atomic mass is 9.93. The maximum Gasteiger partial charge on any atom is 0.399 e. The normalized spacial score (nSPS) is 13.9. The molecular formula is C23H46O7S. The van der Waals surface area contributed by atoms with E-state index < -0.39 is 28.4 Å². The van der Waals surface area contributed by atoms with E-state index in [1.807, 2.05) is 0 Å². The third-order valence-corrected chi connectivity index (χ3v) is 6.63. The fraction of sp³-hybridized carbons (Fsp3) is 0.957. The minimum absolute atomic E-state index is 0.0386. The number of aliphatic carboxylic acids is 1. The Morgan fingerprint density at radius 2 is 1.26 bits per heavy atom. The lowest BCUT2D eigenvalue weighted by molar-refractivity contribution is -0.143. The van der Waals surface area contributed by atoms with Crippen molar-refractivity contribution < 1.29 is 31.8 Å². The van der Waals surface area contributed by atoms with Gasteiger partial charge in [-0.05, 0) is 19.3 Å². The highest BCUT2D eigenvalue weighted by Crippen LogP contribution is 2.22. The Balaban J connectivity index is 3.88. The zero-order chi connectivity index (χ0) is 23.4. The summed E-state index contributed by atoms with van der Waals surface area (Å²) in [6.07, 6.45) is 17.0. The molecule has 2 N–H and O–H groups in total. The first-order valence-electron chi connectivity index (χ1n) is 12.2. The van der Waals surface area contributed by atoms with Gasteiger partial charge in [0.1, 0.15) is 0 Å². The van der Waals surface area contributed by atoms with Crippen molar-refractivity contribution in [3.8, 4) is 0 Å². The molecule has 2 atom stereocenters. The number of carboxylic acids is 1. The van der Waals surface area contributed by atoms with Gasteiger partial charge in [0.15, 0.2) is 0 Å². The maximum atomic E-state index is 11.5. The van der Waals surface area contributed by atoms with Gasteiger partial charge in [-0.25, -0.2) is 4.18 Å². The van der Waals surface area contributed by atoms with Crippen LogP contribution in [0.3, 0.4) is 0 Å². The first-order valence-corrected chi connectivity index (χ1v) is 13.5. The molecule has 31 heavy (non-hydrogen) atoms. The Kier molecular flexibility index (Phi) is 19.5. The van der Waals surface area contributed by atoms with Crippen molar-refractivity contribution >= 4 is 16.4 Å². The monoisotopic (exact) mass is 466 g/mol. The summed E-state index contributed by atoms with van der Waals surface area (Å²) >= 11 is 0. The molecule has 0 radical (unpaired) electrons. The van der Waals surface area contributed by atoms with Crippen molar-refractivity contribution in [2.75, 3.05) is 13.7 Å². The van der Waals surface area contributed by atoms with Crippen LogP contribution in [0.2, 0.25) is 0 Å². The lowest BCUT2D eigenvalue weighted by Crippen LogP contribution is -2.27. The Hall–Kier alpha value is -0.700. The van der Waals surface area contributed by atoms with Crippen molar-refractivity contribution in [1.29, 1.82) is 0 Å². The molecule has 0 bridgehead atoms. The second-order valence-electron chi connectivity index (χ2n) is 8.46. The minimum Gasteiger partial charge on any atom is -0.481 e. The molecule has 0 aliphatic rings. The number of hydrogen-bond donors (Lipinski definition) is 2. The molecule has 0 heterocycles. The average Bonchev–Trinajstić information content (AvgIpc) is 2.72. The molecule has 0 saturated heterocycles. The highest BCUT2D eigenvalue weighted by atomic mass is 32.3. The predicted molar refractivity (Wildman–Crippen MR) is 123 cm³/mol. The molecular weight excluding hydrogens is 420 g/mol. The molecule has 7 nitrogen and oxygen atoms in total. The van der Waals surface area contributed by atoms with E-state index in [0.29, 0.717) is 6.42 Å². The standard InChI is InChI=1S/C23H46O7S/c1-3-4-5-6-7-8-9-10-11-12-13-14-15-16-17-21(23(25)26)20-22(18-19-24)30-31(27,28)29-2/h21-22,24H,3-20H2,1-2H3,(H,25,26). The number of aliphatic hydroxyl groups excluding tert-OH is 1. The molecule has 0 rings (SSSR count). The summed E-state index contributed by atoms with van der Waals surface area (Å²) in [5.74, 6) is -1.66. The van der Waals surface area contributed by atoms with Crippen molar-refractivity contribution in [3.05, 3.63) is 0 Å². The van der Waals surface area contributed by atoms with E-state index in [1.54, 1.807) is 0 Å². The molecule has 0 spiro atoms. The fourth-order valence-corrected chi connectivity index (χ4v) is 4.39. The van der Waals surface area contributed by atoms with Crippen LogP contribution in [-0.4, -0.2) is 44.4 Å². The van der Waals surface area contributed by atoms with Crippen molar-refractivity contribution in [1.82, 2.24) is 0 Å². The van der Waals surface area contributed by atoms with E-state index in [4.69, 9.17) is 9.29 Å². The molecule has 8 heteroatoms. The van der Waals surface area contributed by atoms with Gasteiger partial charge in [-0.15, -0.1) is 0 Å². The number of hydrogen-bond acceptors (Lipinski definition) is 6. The molecule has 0 aromatic heterocycles. The van der Waals surface area contributed by atoms with Crippen molar-refractivity contribution in [2.45, 2.75) is 122 Å². The fourth-order valence-electron chi connectivity index (χ4n) is 3.80. The molecule has 0 saturated carbocycles. The first-order chi connectivity index (χ1) is 14.9. The van der Waals surface area contributed by atoms with Crippen LogP contribution >= 0.6 is 0 Å². The molecule has 2 unspecified atom stereocenters. The van der Waals surface area contributed by atoms with Crippen molar-refractivity contribution in [3.63, 3.8) is 0 Å². The lowest BCUT2D eigenvalue weighted by Gasteiger charge is -2.20. The highest BCUT2D eigenvalue weighted by Gasteiger charge is 2.26. The van der Waals surface area contributed by atoms with Gasteiger partial charge in [0.25, 0.3) is 0 Å². The van der Waals surface area contributed by atoms with Crippen molar-refractivity contribution in [2.24, 2.45) is 5.92 Å². The molecule has 0 fully saturated rings. The van der Waals surface area contributed by atoms with Gasteiger partial charge in [-0.3, -0.25) is 8.98 Å². The van der Waals surface area contributed by atoms with Crippen LogP contribution in [0.5, 0.6) is 0 Å². The number of rotatable bonds is 23. The van der Waals surface area contributed by atoms with Gasteiger partial charge in [-0.2, -0.15) is 8.42 Å². The Labute approximate surface area is 190 Å². The summed E-state index contributed by atoms with van der Waals surface area (Å²) < 4.78 is 32.0. The quantitative estimate of drug-likeness (QED) is 0.188. The summed E-state index contributed by atoms with van der Waals surface area (Å²) in [6, 6.07) is 0. The minimum atomic E-state index is -4.17. The SMILES string of the molecule is CCCCCCCCCCCCCCCCC(CC(CCO)OS(=O)(=O)OC)C(=O)O. The molecule has 186 valence electrons. The van der Waals surface area contributed by atoms with E-state index in [1.165, 1.54) is 70.6 Å². The summed E-state index contributed by atoms with van der Waals surface area (Å²) in [7, 11) is -3.19. The summed E-state index contributed by atoms with van der Waals surface area (Å²) in [4.78, 5) is 11.5. The highest BCUT2D eigenvalue weighted by molar-refractivity contribution is 7.81. The van der Waals surface area contributed by atoms with Crippen LogP contribution in [0.1, 0.15) is 116 Å². The number of carboxylic acid groups (broad SMARTS) is 1. The smallest absolute Gasteiger partial charge is 0.399 e. The van der Waals surface area contributed by atoms with Gasteiger partial charge >= 0.3 is 16.4 Å². The third kappa shape index (κ3) is 18.6. The van der Waals surface area contributed by atoms with Crippen LogP contribution < -0.4 is 0 Å². The zero-order valence-corrected chi connectivity index (χ0v) is 20.5. The second kappa shape index (κ2) is 19.9. The third-order valence-electron chi connectivity index (χ3n) is 5.71. The van der Waals surface area contributed by atoms with Gasteiger partial charge in [0.05, 0.1) is 19.1 Å². The van der Waals surface area contributed by atoms with E-state index in [0.717, 1.165) is 26.4 Å². The number of aliphatic hydroxyl groups is 1. The summed E-state index contributed by atoms with van der Waals surface area (Å²) in [5.41, 5.74) is 0. The van der Waals surface area contributed by atoms with Gasteiger partial charge in [0, 0.05) is 6.61 Å². The molecule has 0 aromatic carbocycles. The van der Waals surface area contributed by atoms with Crippen LogP contribution in [0, 0.1) is 5.92 Å². The first kappa shape index (κ1) is 30.3. The summed E-state index contributed by atoms with van der Waals surface area (Å²) in [5, 5.41) is 18.6. The van der Waals surface area contributed by atoms with Crippen LogP contribution in [0.25, 0.3) is 0 Å². The topological polar surface area (TPSA) is 110 Å². The summed E-state index contributed by atoms with van der Waals surface area (Å²) in [6.45, 7) is 1.96. The Bertz CT molecular complexity index is 522. The van der Waals surface area contributed by atoms with E-state index in [-0.39, 0.29) is 19.4 Å². The van der Waals surface area contributed by atoms with Gasteiger partial charge in [0.2, 0.25) is 0 Å². The van der Waals surface area contributed by atoms with Crippen LogP contribution in [0.4, 0.5) is 0 Å². The predicted octanol–water partition coefficient (Wildman–Crippen LogP) is 5.61. The van der Waals surface area contributed by atoms with E-state index in [9.17, 15) is 18.3 Å².